The lowest BCUT2D eigenvalue weighted by Gasteiger charge is -2.27. The average Bonchev–Trinajstić information content (AvgIpc) is 3.34. The van der Waals surface area contributed by atoms with Crippen LogP contribution in [0.2, 0.25) is 0 Å². The zero-order chi connectivity index (χ0) is 17.8. The van der Waals surface area contributed by atoms with E-state index in [-0.39, 0.29) is 5.56 Å². The van der Waals surface area contributed by atoms with Crippen molar-refractivity contribution in [3.8, 4) is 11.3 Å². The maximum absolute atomic E-state index is 12.3. The molecule has 0 radical (unpaired) electrons. The second-order valence-corrected chi connectivity index (χ2v) is 7.36. The van der Waals surface area contributed by atoms with Crippen molar-refractivity contribution in [1.29, 1.82) is 0 Å². The summed E-state index contributed by atoms with van der Waals surface area (Å²) in [5, 5.41) is 4.62. The molecule has 0 spiro atoms. The van der Waals surface area contributed by atoms with E-state index in [4.69, 9.17) is 0 Å². The maximum atomic E-state index is 12.3. The summed E-state index contributed by atoms with van der Waals surface area (Å²) in [4.78, 5) is 21.5. The first-order valence-electron chi connectivity index (χ1n) is 9.74. The molecule has 2 aliphatic heterocycles. The van der Waals surface area contributed by atoms with E-state index in [1.165, 1.54) is 32.4 Å². The van der Waals surface area contributed by atoms with Gasteiger partial charge in [-0.15, -0.1) is 0 Å². The summed E-state index contributed by atoms with van der Waals surface area (Å²) in [6.07, 6.45) is 8.54. The molecule has 138 valence electrons. The Labute approximate surface area is 154 Å². The molecule has 0 aliphatic carbocycles. The van der Waals surface area contributed by atoms with Crippen LogP contribution in [0, 0.1) is 0 Å². The molecule has 4 rings (SSSR count). The molecule has 0 saturated carbocycles. The van der Waals surface area contributed by atoms with Gasteiger partial charge in [0.2, 0.25) is 0 Å². The molecule has 2 fully saturated rings. The molecular weight excluding hydrogens is 326 g/mol. The third-order valence-corrected chi connectivity index (χ3v) is 5.63. The fourth-order valence-corrected chi connectivity index (χ4v) is 4.13. The first kappa shape index (κ1) is 17.4. The van der Waals surface area contributed by atoms with E-state index in [2.05, 4.69) is 19.9 Å². The molecular formula is C20H27N5O. The Kier molecular flexibility index (Phi) is 5.41. The Morgan fingerprint density at radius 1 is 0.962 bits per heavy atom. The molecule has 6 heteroatoms. The highest BCUT2D eigenvalue weighted by Crippen LogP contribution is 2.19. The van der Waals surface area contributed by atoms with Gasteiger partial charge in [0.25, 0.3) is 5.56 Å². The number of aromatic nitrogens is 3. The predicted molar refractivity (Wildman–Crippen MR) is 102 cm³/mol. The van der Waals surface area contributed by atoms with Gasteiger partial charge in [-0.25, -0.2) is 4.68 Å². The third kappa shape index (κ3) is 4.02. The number of rotatable bonds is 6. The summed E-state index contributed by atoms with van der Waals surface area (Å²) in [7, 11) is 0. The van der Waals surface area contributed by atoms with Gasteiger partial charge in [0.05, 0.1) is 12.2 Å². The monoisotopic (exact) mass is 353 g/mol. The number of nitrogens with zero attached hydrogens (tertiary/aromatic N) is 5. The summed E-state index contributed by atoms with van der Waals surface area (Å²) in [6.45, 7) is 6.55. The largest absolute Gasteiger partial charge is 0.302 e. The molecule has 0 bridgehead atoms. The molecule has 2 saturated heterocycles. The van der Waals surface area contributed by atoms with Crippen LogP contribution >= 0.6 is 0 Å². The normalized spacial score (nSPS) is 21.5. The molecule has 2 aromatic rings. The van der Waals surface area contributed by atoms with Crippen molar-refractivity contribution >= 4 is 0 Å². The van der Waals surface area contributed by atoms with E-state index in [1.54, 1.807) is 29.2 Å². The quantitative estimate of drug-likeness (QED) is 0.793. The molecule has 2 aromatic heterocycles. The Morgan fingerprint density at radius 2 is 1.77 bits per heavy atom. The van der Waals surface area contributed by atoms with Crippen molar-refractivity contribution in [1.82, 2.24) is 24.6 Å². The second kappa shape index (κ2) is 8.10. The molecule has 0 amide bonds. The summed E-state index contributed by atoms with van der Waals surface area (Å²) in [5.74, 6) is 0. The van der Waals surface area contributed by atoms with Crippen LogP contribution in [-0.2, 0) is 6.54 Å². The van der Waals surface area contributed by atoms with Gasteiger partial charge in [-0.2, -0.15) is 5.10 Å². The van der Waals surface area contributed by atoms with Crippen LogP contribution in [-0.4, -0.2) is 63.3 Å². The Morgan fingerprint density at radius 3 is 2.58 bits per heavy atom. The van der Waals surface area contributed by atoms with Crippen molar-refractivity contribution in [2.45, 2.75) is 38.3 Å². The van der Waals surface area contributed by atoms with E-state index in [0.29, 0.717) is 12.6 Å². The molecule has 1 unspecified atom stereocenters. The molecule has 0 N–H and O–H groups in total. The van der Waals surface area contributed by atoms with Gasteiger partial charge in [-0.05, 0) is 63.5 Å². The standard InChI is InChI=1S/C20H27N5O/c26-20-6-5-19(17-7-9-21-10-8-17)22-25(20)16-18-4-3-13-24(18)15-14-23-11-1-2-12-23/h5-10,18H,1-4,11-16H2. The Balaban J connectivity index is 1.44. The van der Waals surface area contributed by atoms with Crippen molar-refractivity contribution in [3.63, 3.8) is 0 Å². The predicted octanol–water partition coefficient (Wildman–Crippen LogP) is 1.87. The van der Waals surface area contributed by atoms with E-state index >= 15 is 0 Å². The molecule has 1 atom stereocenters. The molecule has 26 heavy (non-hydrogen) atoms. The minimum atomic E-state index is -0.0193. The molecule has 4 heterocycles. The fraction of sp³-hybridized carbons (Fsp3) is 0.550. The first-order chi connectivity index (χ1) is 12.8. The van der Waals surface area contributed by atoms with Crippen molar-refractivity contribution in [3.05, 3.63) is 47.0 Å². The van der Waals surface area contributed by atoms with Crippen LogP contribution in [0.4, 0.5) is 0 Å². The molecule has 0 aromatic carbocycles. The van der Waals surface area contributed by atoms with Crippen LogP contribution in [0.1, 0.15) is 25.7 Å². The van der Waals surface area contributed by atoms with Crippen LogP contribution < -0.4 is 5.56 Å². The lowest BCUT2D eigenvalue weighted by Crippen LogP contribution is -2.40. The second-order valence-electron chi connectivity index (χ2n) is 7.36. The first-order valence-corrected chi connectivity index (χ1v) is 9.74. The summed E-state index contributed by atoms with van der Waals surface area (Å²) >= 11 is 0. The van der Waals surface area contributed by atoms with Crippen LogP contribution in [0.15, 0.2) is 41.5 Å². The SMILES string of the molecule is O=c1ccc(-c2ccncc2)nn1CC1CCCN1CCN1CCCC1. The zero-order valence-corrected chi connectivity index (χ0v) is 15.3. The number of hydrogen-bond donors (Lipinski definition) is 0. The highest BCUT2D eigenvalue weighted by Gasteiger charge is 2.26. The Bertz CT molecular complexity index is 769. The van der Waals surface area contributed by atoms with E-state index in [0.717, 1.165) is 37.3 Å². The van der Waals surface area contributed by atoms with E-state index in [9.17, 15) is 4.79 Å². The lowest BCUT2D eigenvalue weighted by atomic mass is 10.2. The fourth-order valence-electron chi connectivity index (χ4n) is 4.13. The smallest absolute Gasteiger partial charge is 0.266 e. The minimum absolute atomic E-state index is 0.0193. The third-order valence-electron chi connectivity index (χ3n) is 5.63. The van der Waals surface area contributed by atoms with Crippen LogP contribution in [0.25, 0.3) is 11.3 Å². The van der Waals surface area contributed by atoms with Gasteiger partial charge in [-0.3, -0.25) is 14.7 Å². The number of hydrogen-bond acceptors (Lipinski definition) is 5. The van der Waals surface area contributed by atoms with Gasteiger partial charge in [0.1, 0.15) is 0 Å². The highest BCUT2D eigenvalue weighted by atomic mass is 16.1. The van der Waals surface area contributed by atoms with Crippen LogP contribution in [0.3, 0.4) is 0 Å². The van der Waals surface area contributed by atoms with E-state index < -0.39 is 0 Å². The van der Waals surface area contributed by atoms with Crippen molar-refractivity contribution in [2.24, 2.45) is 0 Å². The summed E-state index contributed by atoms with van der Waals surface area (Å²) < 4.78 is 1.65. The van der Waals surface area contributed by atoms with Gasteiger partial charge in [-0.1, -0.05) is 0 Å². The summed E-state index contributed by atoms with van der Waals surface area (Å²) in [5.41, 5.74) is 1.80. The lowest BCUT2D eigenvalue weighted by molar-refractivity contribution is 0.193. The molecule has 6 nitrogen and oxygen atoms in total. The topological polar surface area (TPSA) is 54.3 Å². The van der Waals surface area contributed by atoms with Crippen LogP contribution in [0.5, 0.6) is 0 Å². The highest BCUT2D eigenvalue weighted by molar-refractivity contribution is 5.56. The van der Waals surface area contributed by atoms with Gasteiger partial charge in [0.15, 0.2) is 0 Å². The average molecular weight is 353 g/mol. The van der Waals surface area contributed by atoms with E-state index in [1.807, 2.05) is 12.1 Å². The number of likely N-dealkylation sites (tertiary alicyclic amines) is 2. The van der Waals surface area contributed by atoms with Gasteiger partial charge >= 0.3 is 0 Å². The van der Waals surface area contributed by atoms with Crippen molar-refractivity contribution < 1.29 is 0 Å². The Hall–Kier alpha value is -2.05. The van der Waals surface area contributed by atoms with Gasteiger partial charge < -0.3 is 4.90 Å². The maximum Gasteiger partial charge on any atom is 0.266 e. The van der Waals surface area contributed by atoms with Gasteiger partial charge in [0, 0.05) is 43.2 Å². The minimum Gasteiger partial charge on any atom is -0.302 e. The zero-order valence-electron chi connectivity index (χ0n) is 15.3. The summed E-state index contributed by atoms with van der Waals surface area (Å²) in [6, 6.07) is 7.69. The molecule has 2 aliphatic rings. The number of pyridine rings is 1. The van der Waals surface area contributed by atoms with Crippen molar-refractivity contribution in [2.75, 3.05) is 32.7 Å².